The maximum absolute atomic E-state index is 6.01. The van der Waals surface area contributed by atoms with Crippen LogP contribution in [0.2, 0.25) is 5.02 Å². The zero-order valence-corrected chi connectivity index (χ0v) is 9.34. The van der Waals surface area contributed by atoms with E-state index in [1.54, 1.807) is 6.07 Å². The Labute approximate surface area is 94.0 Å². The molecule has 0 aliphatic carbocycles. The third kappa shape index (κ3) is 1.51. The number of rotatable bonds is 1. The van der Waals surface area contributed by atoms with Crippen LogP contribution in [0.25, 0.3) is 11.1 Å². The number of nitrogen functional groups attached to an aromatic ring is 1. The van der Waals surface area contributed by atoms with Gasteiger partial charge in [0.05, 0.1) is 5.56 Å². The summed E-state index contributed by atoms with van der Waals surface area (Å²) in [5.74, 6) is 0.255. The summed E-state index contributed by atoms with van der Waals surface area (Å²) < 4.78 is 5.39. The topological polar surface area (TPSA) is 52.0 Å². The van der Waals surface area contributed by atoms with E-state index in [9.17, 15) is 0 Å². The molecule has 0 spiro atoms. The van der Waals surface area contributed by atoms with Crippen molar-refractivity contribution >= 4 is 33.4 Å². The highest BCUT2D eigenvalue weighted by Gasteiger charge is 2.15. The molecule has 0 saturated carbocycles. The fourth-order valence-corrected chi connectivity index (χ4v) is 1.90. The Hall–Kier alpha value is -1.00. The molecule has 1 heterocycles. The lowest BCUT2D eigenvalue weighted by molar-refractivity contribution is 0.432. The van der Waals surface area contributed by atoms with Crippen LogP contribution in [0.4, 0.5) is 5.88 Å². The molecule has 0 aliphatic rings. The molecule has 72 valence electrons. The number of anilines is 1. The second-order valence-corrected chi connectivity index (χ2v) is 3.85. The third-order valence-corrected chi connectivity index (χ3v) is 2.69. The molecular weight excluding hydrogens is 267 g/mol. The normalized spacial score (nSPS) is 10.4. The van der Waals surface area contributed by atoms with Crippen molar-refractivity contribution in [2.75, 3.05) is 5.73 Å². The van der Waals surface area contributed by atoms with Gasteiger partial charge in [-0.3, -0.25) is 0 Å². The van der Waals surface area contributed by atoms with Gasteiger partial charge in [-0.2, -0.15) is 0 Å². The Balaban J connectivity index is 2.66. The van der Waals surface area contributed by atoms with Crippen LogP contribution < -0.4 is 5.73 Å². The molecule has 2 N–H and O–H groups in total. The van der Waals surface area contributed by atoms with Crippen LogP contribution in [-0.2, 0) is 0 Å². The van der Waals surface area contributed by atoms with Crippen molar-refractivity contribution in [3.63, 3.8) is 0 Å². The Morgan fingerprint density at radius 1 is 1.36 bits per heavy atom. The SMILES string of the molecule is Nc1onc(Br)c1-c1ccccc1Cl. The van der Waals surface area contributed by atoms with Gasteiger partial charge in [0.1, 0.15) is 0 Å². The molecule has 0 fully saturated rings. The second-order valence-electron chi connectivity index (χ2n) is 2.69. The molecular formula is C9H6BrClN2O. The lowest BCUT2D eigenvalue weighted by Crippen LogP contribution is -1.86. The molecule has 2 aromatic rings. The molecule has 0 amide bonds. The maximum Gasteiger partial charge on any atom is 0.231 e. The van der Waals surface area contributed by atoms with Gasteiger partial charge in [0.25, 0.3) is 0 Å². The summed E-state index contributed by atoms with van der Waals surface area (Å²) in [7, 11) is 0. The summed E-state index contributed by atoms with van der Waals surface area (Å²) in [6.07, 6.45) is 0. The van der Waals surface area contributed by atoms with Gasteiger partial charge in [0.15, 0.2) is 4.60 Å². The lowest BCUT2D eigenvalue weighted by Gasteiger charge is -2.00. The van der Waals surface area contributed by atoms with Crippen molar-refractivity contribution < 1.29 is 4.52 Å². The largest absolute Gasteiger partial charge is 0.367 e. The first-order chi connectivity index (χ1) is 6.70. The number of nitrogens with zero attached hydrogens (tertiary/aromatic N) is 1. The van der Waals surface area contributed by atoms with Crippen LogP contribution in [0, 0.1) is 0 Å². The monoisotopic (exact) mass is 272 g/mol. The fraction of sp³-hybridized carbons (Fsp3) is 0. The molecule has 2 rings (SSSR count). The first-order valence-electron chi connectivity index (χ1n) is 3.85. The molecule has 0 aliphatic heterocycles. The zero-order chi connectivity index (χ0) is 10.1. The van der Waals surface area contributed by atoms with E-state index in [-0.39, 0.29) is 5.88 Å². The van der Waals surface area contributed by atoms with E-state index < -0.39 is 0 Å². The van der Waals surface area contributed by atoms with Crippen molar-refractivity contribution in [1.82, 2.24) is 5.16 Å². The summed E-state index contributed by atoms with van der Waals surface area (Å²) in [5, 5.41) is 4.31. The van der Waals surface area contributed by atoms with Crippen molar-refractivity contribution in [2.45, 2.75) is 0 Å². The molecule has 0 atom stereocenters. The average molecular weight is 274 g/mol. The minimum Gasteiger partial charge on any atom is -0.367 e. The van der Waals surface area contributed by atoms with Crippen LogP contribution in [0.15, 0.2) is 33.4 Å². The van der Waals surface area contributed by atoms with Gasteiger partial charge >= 0.3 is 0 Å². The molecule has 14 heavy (non-hydrogen) atoms. The minimum absolute atomic E-state index is 0.255. The van der Waals surface area contributed by atoms with Crippen LogP contribution in [0.1, 0.15) is 0 Å². The molecule has 0 radical (unpaired) electrons. The number of halogens is 2. The smallest absolute Gasteiger partial charge is 0.231 e. The van der Waals surface area contributed by atoms with E-state index >= 15 is 0 Å². The Morgan fingerprint density at radius 3 is 2.64 bits per heavy atom. The van der Waals surface area contributed by atoms with E-state index in [1.807, 2.05) is 18.2 Å². The van der Waals surface area contributed by atoms with Crippen molar-refractivity contribution in [3.8, 4) is 11.1 Å². The molecule has 5 heteroatoms. The third-order valence-electron chi connectivity index (χ3n) is 1.82. The van der Waals surface area contributed by atoms with Crippen LogP contribution in [-0.4, -0.2) is 5.16 Å². The number of hydrogen-bond donors (Lipinski definition) is 1. The summed E-state index contributed by atoms with van der Waals surface area (Å²) in [5.41, 5.74) is 7.12. The quantitative estimate of drug-likeness (QED) is 0.867. The highest BCUT2D eigenvalue weighted by atomic mass is 79.9. The van der Waals surface area contributed by atoms with Gasteiger partial charge < -0.3 is 10.3 Å². The Bertz CT molecular complexity index is 450. The van der Waals surface area contributed by atoms with Gasteiger partial charge in [0, 0.05) is 10.6 Å². The number of benzene rings is 1. The summed E-state index contributed by atoms with van der Waals surface area (Å²) >= 11 is 9.26. The van der Waals surface area contributed by atoms with Crippen LogP contribution in [0.5, 0.6) is 0 Å². The standard InChI is InChI=1S/C9H6BrClN2O/c10-8-7(9(12)14-13-8)5-3-1-2-4-6(5)11/h1-4H,12H2. The second kappa shape index (κ2) is 3.63. The average Bonchev–Trinajstić information content (AvgIpc) is 2.48. The summed E-state index contributed by atoms with van der Waals surface area (Å²) in [6.45, 7) is 0. The molecule has 1 aromatic carbocycles. The van der Waals surface area contributed by atoms with Gasteiger partial charge in [-0.25, -0.2) is 0 Å². The molecule has 0 saturated heterocycles. The highest BCUT2D eigenvalue weighted by molar-refractivity contribution is 9.10. The zero-order valence-electron chi connectivity index (χ0n) is 7.00. The van der Waals surface area contributed by atoms with Crippen LogP contribution in [0.3, 0.4) is 0 Å². The van der Waals surface area contributed by atoms with Gasteiger partial charge in [0.2, 0.25) is 5.88 Å². The Morgan fingerprint density at radius 2 is 2.07 bits per heavy atom. The van der Waals surface area contributed by atoms with E-state index in [0.29, 0.717) is 15.2 Å². The summed E-state index contributed by atoms with van der Waals surface area (Å²) in [6, 6.07) is 7.37. The minimum atomic E-state index is 0.255. The molecule has 3 nitrogen and oxygen atoms in total. The van der Waals surface area contributed by atoms with Crippen LogP contribution >= 0.6 is 27.5 Å². The number of aromatic nitrogens is 1. The number of nitrogens with two attached hydrogens (primary N) is 1. The van der Waals surface area contributed by atoms with Gasteiger partial charge in [-0.1, -0.05) is 35.0 Å². The predicted octanol–water partition coefficient (Wildman–Crippen LogP) is 3.34. The first-order valence-corrected chi connectivity index (χ1v) is 5.03. The Kier molecular flexibility index (Phi) is 2.48. The van der Waals surface area contributed by atoms with Gasteiger partial charge in [-0.05, 0) is 22.0 Å². The maximum atomic E-state index is 6.01. The lowest BCUT2D eigenvalue weighted by atomic mass is 10.1. The summed E-state index contributed by atoms with van der Waals surface area (Å²) in [4.78, 5) is 0. The van der Waals surface area contributed by atoms with Crippen molar-refractivity contribution in [2.24, 2.45) is 0 Å². The van der Waals surface area contributed by atoms with E-state index in [4.69, 9.17) is 21.9 Å². The predicted molar refractivity (Wildman–Crippen MR) is 59.1 cm³/mol. The van der Waals surface area contributed by atoms with E-state index in [1.165, 1.54) is 0 Å². The van der Waals surface area contributed by atoms with E-state index in [0.717, 1.165) is 5.56 Å². The molecule has 0 bridgehead atoms. The number of hydrogen-bond acceptors (Lipinski definition) is 3. The fourth-order valence-electron chi connectivity index (χ4n) is 1.19. The van der Waals surface area contributed by atoms with Crippen molar-refractivity contribution in [3.05, 3.63) is 33.9 Å². The highest BCUT2D eigenvalue weighted by Crippen LogP contribution is 2.36. The molecule has 0 unspecified atom stereocenters. The molecule has 1 aromatic heterocycles. The van der Waals surface area contributed by atoms with Crippen molar-refractivity contribution in [1.29, 1.82) is 0 Å². The van der Waals surface area contributed by atoms with E-state index in [2.05, 4.69) is 21.1 Å². The first kappa shape index (κ1) is 9.55. The van der Waals surface area contributed by atoms with Gasteiger partial charge in [-0.15, -0.1) is 0 Å².